The average Bonchev–Trinajstić information content (AvgIpc) is 2.39. The quantitative estimate of drug-likeness (QED) is 0.838. The molecule has 0 unspecified atom stereocenters. The van der Waals surface area contributed by atoms with E-state index in [1.54, 1.807) is 4.90 Å². The van der Waals surface area contributed by atoms with Gasteiger partial charge in [0.05, 0.1) is 5.54 Å². The Labute approximate surface area is 111 Å². The van der Waals surface area contributed by atoms with Crippen LogP contribution < -0.4 is 5.73 Å². The lowest BCUT2D eigenvalue weighted by atomic mass is 9.74. The van der Waals surface area contributed by atoms with Crippen molar-refractivity contribution in [2.45, 2.75) is 51.5 Å². The van der Waals surface area contributed by atoms with E-state index in [-0.39, 0.29) is 11.6 Å². The van der Waals surface area contributed by atoms with E-state index in [1.165, 1.54) is 19.3 Å². The third-order valence-corrected chi connectivity index (χ3v) is 4.50. The van der Waals surface area contributed by atoms with Gasteiger partial charge in [0.1, 0.15) is 0 Å². The molecule has 4 nitrogen and oxygen atoms in total. The van der Waals surface area contributed by atoms with Crippen LogP contribution in [-0.4, -0.2) is 48.6 Å². The molecule has 0 aromatic rings. The second-order valence-electron chi connectivity index (χ2n) is 5.70. The molecule has 0 radical (unpaired) electrons. The Hall–Kier alpha value is -0.770. The standard InChI is InChI=1S/C14H29N3O/c1-5-12-7-9-14(11-15,10-8-12)17(6-2)13(18)16(3)4/h12H,5-11,15H2,1-4H3. The fraction of sp³-hybridized carbons (Fsp3) is 0.929. The van der Waals surface area contributed by atoms with Gasteiger partial charge in [-0.25, -0.2) is 4.79 Å². The van der Waals surface area contributed by atoms with E-state index in [4.69, 9.17) is 5.73 Å². The predicted molar refractivity (Wildman–Crippen MR) is 75.5 cm³/mol. The van der Waals surface area contributed by atoms with E-state index >= 15 is 0 Å². The number of carbonyl (C=O) groups excluding carboxylic acids is 1. The van der Waals surface area contributed by atoms with Crippen molar-refractivity contribution >= 4 is 6.03 Å². The summed E-state index contributed by atoms with van der Waals surface area (Å²) >= 11 is 0. The lowest BCUT2D eigenvalue weighted by Gasteiger charge is -2.47. The van der Waals surface area contributed by atoms with Crippen molar-refractivity contribution in [2.24, 2.45) is 11.7 Å². The van der Waals surface area contributed by atoms with E-state index < -0.39 is 0 Å². The molecule has 0 aliphatic heterocycles. The Kier molecular flexibility index (Phi) is 5.45. The van der Waals surface area contributed by atoms with Gasteiger partial charge < -0.3 is 15.5 Å². The number of hydrogen-bond donors (Lipinski definition) is 1. The summed E-state index contributed by atoms with van der Waals surface area (Å²) in [6, 6.07) is 0.0953. The van der Waals surface area contributed by atoms with Crippen LogP contribution in [0.5, 0.6) is 0 Å². The van der Waals surface area contributed by atoms with Gasteiger partial charge in [-0.15, -0.1) is 0 Å². The Bertz CT molecular complexity index is 270. The van der Waals surface area contributed by atoms with Crippen molar-refractivity contribution in [1.82, 2.24) is 9.80 Å². The molecule has 1 fully saturated rings. The fourth-order valence-electron chi connectivity index (χ4n) is 3.12. The van der Waals surface area contributed by atoms with Crippen molar-refractivity contribution in [1.29, 1.82) is 0 Å². The molecule has 0 spiro atoms. The van der Waals surface area contributed by atoms with Crippen LogP contribution >= 0.6 is 0 Å². The summed E-state index contributed by atoms with van der Waals surface area (Å²) in [5.74, 6) is 0.817. The minimum Gasteiger partial charge on any atom is -0.331 e. The molecule has 4 heteroatoms. The summed E-state index contributed by atoms with van der Waals surface area (Å²) in [7, 11) is 3.62. The molecule has 18 heavy (non-hydrogen) atoms. The number of likely N-dealkylation sites (N-methyl/N-ethyl adjacent to an activating group) is 1. The first-order chi connectivity index (χ1) is 8.50. The number of nitrogens with zero attached hydrogens (tertiary/aromatic N) is 2. The number of rotatable bonds is 4. The van der Waals surface area contributed by atoms with Crippen LogP contribution in [0.25, 0.3) is 0 Å². The summed E-state index contributed by atoms with van der Waals surface area (Å²) < 4.78 is 0. The summed E-state index contributed by atoms with van der Waals surface area (Å²) in [4.78, 5) is 15.9. The van der Waals surface area contributed by atoms with Gasteiger partial charge in [-0.3, -0.25) is 0 Å². The van der Waals surface area contributed by atoms with E-state index in [0.29, 0.717) is 6.54 Å². The van der Waals surface area contributed by atoms with E-state index in [9.17, 15) is 4.79 Å². The second-order valence-corrected chi connectivity index (χ2v) is 5.70. The van der Waals surface area contributed by atoms with Crippen LogP contribution in [0.15, 0.2) is 0 Å². The number of carbonyl (C=O) groups is 1. The SMILES string of the molecule is CCC1CCC(CN)(N(CC)C(=O)N(C)C)CC1. The van der Waals surface area contributed by atoms with Crippen LogP contribution in [0.4, 0.5) is 4.79 Å². The first-order valence-electron chi connectivity index (χ1n) is 7.19. The van der Waals surface area contributed by atoms with E-state index in [0.717, 1.165) is 25.3 Å². The monoisotopic (exact) mass is 255 g/mol. The molecule has 1 saturated carbocycles. The summed E-state index contributed by atoms with van der Waals surface area (Å²) in [6.45, 7) is 5.62. The van der Waals surface area contributed by atoms with Crippen LogP contribution in [0.2, 0.25) is 0 Å². The average molecular weight is 255 g/mol. The molecule has 0 saturated heterocycles. The zero-order valence-corrected chi connectivity index (χ0v) is 12.4. The maximum absolute atomic E-state index is 12.3. The maximum Gasteiger partial charge on any atom is 0.319 e. The molecule has 1 aliphatic carbocycles. The zero-order valence-electron chi connectivity index (χ0n) is 12.4. The van der Waals surface area contributed by atoms with Gasteiger partial charge in [-0.2, -0.15) is 0 Å². The van der Waals surface area contributed by atoms with Gasteiger partial charge in [0.15, 0.2) is 0 Å². The lowest BCUT2D eigenvalue weighted by Crippen LogP contribution is -2.59. The van der Waals surface area contributed by atoms with Crippen molar-refractivity contribution in [3.05, 3.63) is 0 Å². The van der Waals surface area contributed by atoms with Gasteiger partial charge >= 0.3 is 6.03 Å². The zero-order chi connectivity index (χ0) is 13.8. The second kappa shape index (κ2) is 6.41. The van der Waals surface area contributed by atoms with Crippen LogP contribution in [0, 0.1) is 5.92 Å². The van der Waals surface area contributed by atoms with E-state index in [1.807, 2.05) is 25.9 Å². The maximum atomic E-state index is 12.3. The Balaban J connectivity index is 2.83. The van der Waals surface area contributed by atoms with Crippen molar-refractivity contribution in [2.75, 3.05) is 27.2 Å². The summed E-state index contributed by atoms with van der Waals surface area (Å²) in [6.07, 6.45) is 5.75. The normalized spacial score (nSPS) is 27.9. The van der Waals surface area contributed by atoms with Crippen LogP contribution in [-0.2, 0) is 0 Å². The highest BCUT2D eigenvalue weighted by molar-refractivity contribution is 5.74. The van der Waals surface area contributed by atoms with Crippen LogP contribution in [0.1, 0.15) is 46.0 Å². The largest absolute Gasteiger partial charge is 0.331 e. The molecule has 0 atom stereocenters. The third-order valence-electron chi connectivity index (χ3n) is 4.50. The minimum absolute atomic E-state index is 0.0953. The lowest BCUT2D eigenvalue weighted by molar-refractivity contribution is 0.0597. The highest BCUT2D eigenvalue weighted by Crippen LogP contribution is 2.37. The first kappa shape index (κ1) is 15.3. The fourth-order valence-corrected chi connectivity index (χ4v) is 3.12. The minimum atomic E-state index is -0.109. The molecule has 0 heterocycles. The van der Waals surface area contributed by atoms with Gasteiger partial charge in [0, 0.05) is 27.2 Å². The van der Waals surface area contributed by atoms with Crippen LogP contribution in [0.3, 0.4) is 0 Å². The van der Waals surface area contributed by atoms with E-state index in [2.05, 4.69) is 6.92 Å². The number of nitrogens with two attached hydrogens (primary N) is 1. The summed E-state index contributed by atoms with van der Waals surface area (Å²) in [5.41, 5.74) is 5.92. The van der Waals surface area contributed by atoms with Gasteiger partial charge in [-0.1, -0.05) is 13.3 Å². The number of urea groups is 1. The molecule has 2 N–H and O–H groups in total. The highest BCUT2D eigenvalue weighted by Gasteiger charge is 2.41. The Morgan fingerprint density at radius 2 is 1.83 bits per heavy atom. The molecule has 0 bridgehead atoms. The molecule has 2 amide bonds. The highest BCUT2D eigenvalue weighted by atomic mass is 16.2. The predicted octanol–water partition coefficient (Wildman–Crippen LogP) is 2.29. The molecule has 1 rings (SSSR count). The smallest absolute Gasteiger partial charge is 0.319 e. The molecular weight excluding hydrogens is 226 g/mol. The van der Waals surface area contributed by atoms with Crippen molar-refractivity contribution < 1.29 is 4.79 Å². The molecule has 1 aliphatic rings. The first-order valence-corrected chi connectivity index (χ1v) is 7.19. The number of amides is 2. The van der Waals surface area contributed by atoms with Gasteiger partial charge in [0.2, 0.25) is 0 Å². The van der Waals surface area contributed by atoms with Gasteiger partial charge in [0.25, 0.3) is 0 Å². The third kappa shape index (κ3) is 2.97. The molecule has 0 aromatic heterocycles. The topological polar surface area (TPSA) is 49.6 Å². The van der Waals surface area contributed by atoms with Crippen molar-refractivity contribution in [3.63, 3.8) is 0 Å². The molecule has 106 valence electrons. The molecule has 0 aromatic carbocycles. The Morgan fingerprint density at radius 1 is 1.28 bits per heavy atom. The van der Waals surface area contributed by atoms with Crippen molar-refractivity contribution in [3.8, 4) is 0 Å². The Morgan fingerprint density at radius 3 is 2.17 bits per heavy atom. The van der Waals surface area contributed by atoms with Gasteiger partial charge in [-0.05, 0) is 38.5 Å². The molecular formula is C14H29N3O. The summed E-state index contributed by atoms with van der Waals surface area (Å²) in [5, 5.41) is 0. The number of hydrogen-bond acceptors (Lipinski definition) is 2.